The zero-order chi connectivity index (χ0) is 22.0. The molecule has 2 aliphatic heterocycles. The zero-order valence-corrected chi connectivity index (χ0v) is 17.2. The van der Waals surface area contributed by atoms with Gasteiger partial charge in [-0.3, -0.25) is 9.59 Å². The van der Waals surface area contributed by atoms with Crippen LogP contribution in [0.2, 0.25) is 0 Å². The van der Waals surface area contributed by atoms with Gasteiger partial charge in [0.1, 0.15) is 5.75 Å². The monoisotopic (exact) mass is 440 g/mol. The van der Waals surface area contributed by atoms with Gasteiger partial charge in [0.05, 0.1) is 12.5 Å². The summed E-state index contributed by atoms with van der Waals surface area (Å²) in [6.07, 6.45) is -0.658. The van der Waals surface area contributed by atoms with E-state index in [0.29, 0.717) is 25.2 Å². The van der Waals surface area contributed by atoms with E-state index >= 15 is 0 Å². The number of hydrogen-bond donors (Lipinski definition) is 1. The smallest absolute Gasteiger partial charge is 0.406 e. The zero-order valence-electron chi connectivity index (χ0n) is 17.2. The second kappa shape index (κ2) is 9.06. The van der Waals surface area contributed by atoms with Crippen LogP contribution >= 0.6 is 0 Å². The number of alkyl halides is 3. The van der Waals surface area contributed by atoms with Crippen molar-refractivity contribution in [3.8, 4) is 5.75 Å². The molecule has 0 spiro atoms. The topological polar surface area (TPSA) is 67.9 Å². The number of amides is 2. The average Bonchev–Trinajstić information content (AvgIpc) is 3.32. The molecule has 9 heteroatoms. The Hall–Kier alpha value is -2.29. The highest BCUT2D eigenvalue weighted by atomic mass is 19.4. The van der Waals surface area contributed by atoms with Crippen LogP contribution in [0.4, 0.5) is 13.2 Å². The molecular weight excluding hydrogens is 413 g/mol. The van der Waals surface area contributed by atoms with Crippen LogP contribution in [0.25, 0.3) is 0 Å². The summed E-state index contributed by atoms with van der Waals surface area (Å²) in [7, 11) is 0. The minimum Gasteiger partial charge on any atom is -0.406 e. The van der Waals surface area contributed by atoms with Gasteiger partial charge in [-0.2, -0.15) is 0 Å². The lowest BCUT2D eigenvalue weighted by Crippen LogP contribution is -2.50. The first-order chi connectivity index (χ1) is 14.8. The molecule has 1 aromatic carbocycles. The third kappa shape index (κ3) is 5.50. The van der Waals surface area contributed by atoms with Crippen LogP contribution in [0.3, 0.4) is 0 Å². The minimum atomic E-state index is -4.74. The summed E-state index contributed by atoms with van der Waals surface area (Å²) in [4.78, 5) is 27.3. The van der Waals surface area contributed by atoms with Gasteiger partial charge in [-0.15, -0.1) is 13.2 Å². The fourth-order valence-corrected chi connectivity index (χ4v) is 5.09. The summed E-state index contributed by atoms with van der Waals surface area (Å²) in [5.74, 6) is -0.0831. The van der Waals surface area contributed by atoms with E-state index < -0.39 is 6.36 Å². The summed E-state index contributed by atoms with van der Waals surface area (Å²) in [5, 5.41) is 3.04. The average molecular weight is 440 g/mol. The summed E-state index contributed by atoms with van der Waals surface area (Å²) in [6.45, 7) is 2.39. The maximum Gasteiger partial charge on any atom is 0.573 e. The van der Waals surface area contributed by atoms with Crippen LogP contribution in [0.15, 0.2) is 24.3 Å². The minimum absolute atomic E-state index is 0.0651. The summed E-state index contributed by atoms with van der Waals surface area (Å²) in [5.41, 5.74) is 0.628. The molecule has 1 saturated carbocycles. The van der Waals surface area contributed by atoms with E-state index in [0.717, 1.165) is 32.3 Å². The number of carbonyl (C=O) groups is 2. The number of hydrogen-bond acceptors (Lipinski definition) is 4. The molecule has 170 valence electrons. The largest absolute Gasteiger partial charge is 0.573 e. The van der Waals surface area contributed by atoms with Crippen LogP contribution < -0.4 is 10.1 Å². The molecule has 1 N–H and O–H groups in total. The lowest BCUT2D eigenvalue weighted by Gasteiger charge is -2.37. The first-order valence-corrected chi connectivity index (χ1v) is 10.8. The molecule has 3 aliphatic rings. The van der Waals surface area contributed by atoms with Crippen LogP contribution in [0, 0.1) is 17.8 Å². The number of ether oxygens (including phenoxy) is 2. The van der Waals surface area contributed by atoms with Crippen molar-refractivity contribution in [1.29, 1.82) is 0 Å². The molecule has 2 saturated heterocycles. The molecule has 2 amide bonds. The first-order valence-electron chi connectivity index (χ1n) is 10.8. The molecule has 4 atom stereocenters. The molecule has 2 heterocycles. The highest BCUT2D eigenvalue weighted by Crippen LogP contribution is 2.42. The second-order valence-corrected chi connectivity index (χ2v) is 8.67. The van der Waals surface area contributed by atoms with Crippen molar-refractivity contribution in [3.05, 3.63) is 29.8 Å². The van der Waals surface area contributed by atoms with Gasteiger partial charge in [-0.1, -0.05) is 12.1 Å². The van der Waals surface area contributed by atoms with Gasteiger partial charge >= 0.3 is 6.36 Å². The van der Waals surface area contributed by atoms with Crippen molar-refractivity contribution < 1.29 is 32.2 Å². The molecule has 31 heavy (non-hydrogen) atoms. The van der Waals surface area contributed by atoms with Crippen LogP contribution in [-0.2, 0) is 20.7 Å². The Morgan fingerprint density at radius 2 is 1.77 bits per heavy atom. The predicted octanol–water partition coefficient (Wildman–Crippen LogP) is 2.91. The maximum atomic E-state index is 12.8. The Kier molecular flexibility index (Phi) is 6.41. The van der Waals surface area contributed by atoms with E-state index in [9.17, 15) is 22.8 Å². The molecular formula is C22H27F3N2O4. The number of halogens is 3. The Bertz CT molecular complexity index is 779. The maximum absolute atomic E-state index is 12.8. The fraction of sp³-hybridized carbons (Fsp3) is 0.636. The van der Waals surface area contributed by atoms with Gasteiger partial charge in [0.25, 0.3) is 0 Å². The molecule has 0 aromatic heterocycles. The standard InChI is InChI=1S/C22H27F3N2O4/c23-22(24,25)31-17-7-3-14(4-8-17)10-19(28)27-12-15-5-6-16(13-27)20(15)21(29)26-11-18-2-1-9-30-18/h3-4,7-8,15-16,18,20H,1-2,5-6,9-13H2,(H,26,29)/t15-,16+,18-,20?/m0/s1. The molecule has 2 bridgehead atoms. The van der Waals surface area contributed by atoms with Crippen molar-refractivity contribution in [1.82, 2.24) is 10.2 Å². The van der Waals surface area contributed by atoms with Gasteiger partial charge in [-0.25, -0.2) is 0 Å². The Labute approximate surface area is 179 Å². The van der Waals surface area contributed by atoms with E-state index in [-0.39, 0.29) is 47.8 Å². The molecule has 1 aliphatic carbocycles. The molecule has 3 fully saturated rings. The fourth-order valence-electron chi connectivity index (χ4n) is 5.09. The van der Waals surface area contributed by atoms with Gasteiger partial charge in [-0.05, 0) is 55.2 Å². The molecule has 1 aromatic rings. The van der Waals surface area contributed by atoms with Crippen molar-refractivity contribution in [3.63, 3.8) is 0 Å². The number of fused-ring (bicyclic) bond motifs is 2. The first kappa shape index (κ1) is 21.9. The highest BCUT2D eigenvalue weighted by molar-refractivity contribution is 5.82. The second-order valence-electron chi connectivity index (χ2n) is 8.67. The van der Waals surface area contributed by atoms with E-state index in [1.165, 1.54) is 24.3 Å². The van der Waals surface area contributed by atoms with Crippen molar-refractivity contribution in [2.24, 2.45) is 17.8 Å². The van der Waals surface area contributed by atoms with Gasteiger partial charge in [0, 0.05) is 32.2 Å². The van der Waals surface area contributed by atoms with Crippen LogP contribution in [-0.4, -0.2) is 55.4 Å². The lowest BCUT2D eigenvalue weighted by molar-refractivity contribution is -0.274. The van der Waals surface area contributed by atoms with E-state index in [2.05, 4.69) is 10.1 Å². The Morgan fingerprint density at radius 3 is 2.35 bits per heavy atom. The number of rotatable bonds is 6. The van der Waals surface area contributed by atoms with E-state index in [1.807, 2.05) is 0 Å². The number of nitrogens with one attached hydrogen (secondary N) is 1. The predicted molar refractivity (Wildman–Crippen MR) is 105 cm³/mol. The van der Waals surface area contributed by atoms with E-state index in [1.54, 1.807) is 4.90 Å². The lowest BCUT2D eigenvalue weighted by atomic mass is 9.84. The highest BCUT2D eigenvalue weighted by Gasteiger charge is 2.46. The van der Waals surface area contributed by atoms with Crippen molar-refractivity contribution in [2.45, 2.75) is 44.6 Å². The van der Waals surface area contributed by atoms with Crippen molar-refractivity contribution >= 4 is 11.8 Å². The quantitative estimate of drug-likeness (QED) is 0.739. The van der Waals surface area contributed by atoms with Gasteiger partial charge in [0.2, 0.25) is 11.8 Å². The summed E-state index contributed by atoms with van der Waals surface area (Å²) < 4.78 is 46.2. The molecule has 1 unspecified atom stereocenters. The number of benzene rings is 1. The van der Waals surface area contributed by atoms with Crippen LogP contribution in [0.5, 0.6) is 5.75 Å². The number of piperidine rings is 1. The summed E-state index contributed by atoms with van der Waals surface area (Å²) >= 11 is 0. The van der Waals surface area contributed by atoms with Gasteiger partial charge in [0.15, 0.2) is 0 Å². The molecule has 6 nitrogen and oxygen atoms in total. The van der Waals surface area contributed by atoms with Gasteiger partial charge < -0.3 is 19.7 Å². The number of nitrogens with zero attached hydrogens (tertiary/aromatic N) is 1. The van der Waals surface area contributed by atoms with Crippen LogP contribution in [0.1, 0.15) is 31.2 Å². The third-order valence-electron chi connectivity index (χ3n) is 6.53. The third-order valence-corrected chi connectivity index (χ3v) is 6.53. The normalized spacial score (nSPS) is 27.9. The SMILES string of the molecule is O=C(NC[C@@H]1CCCO1)C1[C@@H]2CC[C@H]1CN(C(=O)Cc1ccc(OC(F)(F)F)cc1)C2. The Morgan fingerprint density at radius 1 is 1.10 bits per heavy atom. The number of likely N-dealkylation sites (tertiary alicyclic amines) is 1. The van der Waals surface area contributed by atoms with E-state index in [4.69, 9.17) is 4.74 Å². The van der Waals surface area contributed by atoms with Crippen molar-refractivity contribution in [2.75, 3.05) is 26.2 Å². The summed E-state index contributed by atoms with van der Waals surface area (Å²) in [6, 6.07) is 5.37. The number of carbonyl (C=O) groups excluding carboxylic acids is 2. The Balaban J connectivity index is 1.29. The molecule has 0 radical (unpaired) electrons. The molecule has 4 rings (SSSR count).